The number of aliphatic hydroxyl groups is 1. The Kier molecular flexibility index (Phi) is 3.90. The van der Waals surface area contributed by atoms with E-state index in [2.05, 4.69) is 10.2 Å². The molecule has 1 aliphatic heterocycles. The molecule has 0 radical (unpaired) electrons. The number of carbonyl (C=O) groups is 2. The minimum atomic E-state index is -0.740. The van der Waals surface area contributed by atoms with E-state index in [1.54, 1.807) is 17.5 Å². The van der Waals surface area contributed by atoms with E-state index >= 15 is 0 Å². The van der Waals surface area contributed by atoms with Gasteiger partial charge in [0.05, 0.1) is 16.5 Å². The summed E-state index contributed by atoms with van der Waals surface area (Å²) in [5, 5.41) is 20.3. The molecule has 124 valence electrons. The van der Waals surface area contributed by atoms with Crippen molar-refractivity contribution in [3.05, 3.63) is 75.1 Å². The lowest BCUT2D eigenvalue weighted by Crippen LogP contribution is -2.30. The molecule has 1 atom stereocenters. The molecule has 1 aromatic carbocycles. The first-order chi connectivity index (χ1) is 12.2. The molecule has 0 saturated heterocycles. The lowest BCUT2D eigenvalue weighted by molar-refractivity contribution is -0.117. The summed E-state index contributed by atoms with van der Waals surface area (Å²) in [5.41, 5.74) is 2.28. The number of anilines is 1. The van der Waals surface area contributed by atoms with Crippen molar-refractivity contribution in [2.45, 2.75) is 6.04 Å². The van der Waals surface area contributed by atoms with Gasteiger partial charge in [-0.25, -0.2) is 0 Å². The number of hydrogen-bond acceptors (Lipinski definition) is 7. The summed E-state index contributed by atoms with van der Waals surface area (Å²) in [7, 11) is 0. The van der Waals surface area contributed by atoms with Gasteiger partial charge >= 0.3 is 0 Å². The summed E-state index contributed by atoms with van der Waals surface area (Å²) in [6.07, 6.45) is 0. The number of rotatable bonds is 4. The predicted molar refractivity (Wildman–Crippen MR) is 94.9 cm³/mol. The monoisotopic (exact) mass is 369 g/mol. The molecular formula is C17H11N3O3S2. The number of nitrogens with zero attached hydrogens (tertiary/aromatic N) is 3. The fourth-order valence-electron chi connectivity index (χ4n) is 2.80. The van der Waals surface area contributed by atoms with Gasteiger partial charge in [-0.2, -0.15) is 0 Å². The second kappa shape index (κ2) is 6.23. The summed E-state index contributed by atoms with van der Waals surface area (Å²) in [6.45, 7) is 0. The van der Waals surface area contributed by atoms with Crippen LogP contribution < -0.4 is 4.90 Å². The first-order valence-electron chi connectivity index (χ1n) is 7.34. The highest BCUT2D eigenvalue weighted by Gasteiger charge is 2.45. The van der Waals surface area contributed by atoms with Gasteiger partial charge < -0.3 is 5.11 Å². The maximum atomic E-state index is 12.9. The highest BCUT2D eigenvalue weighted by molar-refractivity contribution is 7.13. The van der Waals surface area contributed by atoms with Gasteiger partial charge in [-0.3, -0.25) is 14.5 Å². The number of carbonyl (C=O) groups excluding carboxylic acids is 2. The predicted octanol–water partition coefficient (Wildman–Crippen LogP) is 3.38. The molecule has 2 aromatic heterocycles. The first-order valence-corrected chi connectivity index (χ1v) is 9.10. The van der Waals surface area contributed by atoms with E-state index < -0.39 is 17.7 Å². The number of Topliss-reactive ketones (excluding diaryl/α,β-unsaturated/α-hetero) is 1. The summed E-state index contributed by atoms with van der Waals surface area (Å²) in [4.78, 5) is 27.4. The van der Waals surface area contributed by atoms with Gasteiger partial charge in [-0.1, -0.05) is 47.7 Å². The van der Waals surface area contributed by atoms with Gasteiger partial charge in [0.25, 0.3) is 5.91 Å². The lowest BCUT2D eigenvalue weighted by atomic mass is 9.96. The number of ketones is 1. The maximum absolute atomic E-state index is 12.9. The molecule has 4 rings (SSSR count). The zero-order valence-electron chi connectivity index (χ0n) is 12.7. The smallest absolute Gasteiger partial charge is 0.296 e. The van der Waals surface area contributed by atoms with Crippen LogP contribution in [-0.2, 0) is 4.79 Å². The molecule has 0 unspecified atom stereocenters. The normalized spacial score (nSPS) is 17.4. The van der Waals surface area contributed by atoms with Crippen LogP contribution in [0, 0.1) is 0 Å². The van der Waals surface area contributed by atoms with Crippen molar-refractivity contribution in [1.82, 2.24) is 10.2 Å². The van der Waals surface area contributed by atoms with E-state index in [0.717, 1.165) is 5.56 Å². The van der Waals surface area contributed by atoms with E-state index in [-0.39, 0.29) is 11.4 Å². The zero-order valence-corrected chi connectivity index (χ0v) is 14.3. The largest absolute Gasteiger partial charge is 0.503 e. The summed E-state index contributed by atoms with van der Waals surface area (Å²) in [5.74, 6) is -1.55. The van der Waals surface area contributed by atoms with Crippen LogP contribution >= 0.6 is 22.7 Å². The topological polar surface area (TPSA) is 83.4 Å². The molecule has 3 heterocycles. The average molecular weight is 369 g/mol. The molecule has 0 spiro atoms. The van der Waals surface area contributed by atoms with Crippen LogP contribution in [0.3, 0.4) is 0 Å². The molecular weight excluding hydrogens is 358 g/mol. The minimum absolute atomic E-state index is 0.0638. The van der Waals surface area contributed by atoms with Gasteiger partial charge in [0.15, 0.2) is 5.76 Å². The molecule has 1 aliphatic rings. The Morgan fingerprint density at radius 2 is 1.92 bits per heavy atom. The average Bonchev–Trinajstić information content (AvgIpc) is 3.37. The molecule has 25 heavy (non-hydrogen) atoms. The fraction of sp³-hybridized carbons (Fsp3) is 0.0588. The van der Waals surface area contributed by atoms with Crippen molar-refractivity contribution in [3.63, 3.8) is 0 Å². The maximum Gasteiger partial charge on any atom is 0.296 e. The fourth-order valence-corrected chi connectivity index (χ4v) is 4.06. The minimum Gasteiger partial charge on any atom is -0.503 e. The quantitative estimate of drug-likeness (QED) is 0.713. The highest BCUT2D eigenvalue weighted by atomic mass is 32.1. The Morgan fingerprint density at radius 3 is 2.56 bits per heavy atom. The Balaban J connectivity index is 1.88. The number of hydrogen-bond donors (Lipinski definition) is 1. The second-order valence-corrected chi connectivity index (χ2v) is 7.04. The third-order valence-corrected chi connectivity index (χ3v) is 5.43. The Morgan fingerprint density at radius 1 is 1.12 bits per heavy atom. The van der Waals surface area contributed by atoms with Gasteiger partial charge in [-0.15, -0.1) is 21.5 Å². The van der Waals surface area contributed by atoms with Crippen LogP contribution in [0.4, 0.5) is 5.13 Å². The van der Waals surface area contributed by atoms with Crippen LogP contribution in [0.25, 0.3) is 0 Å². The van der Waals surface area contributed by atoms with Gasteiger partial charge in [0.1, 0.15) is 5.51 Å². The SMILES string of the molecule is O=C(C1=C(O)C(=O)N(c2nncs2)[C@H]1c1ccccc1)c1cccs1. The van der Waals surface area contributed by atoms with Crippen molar-refractivity contribution < 1.29 is 14.7 Å². The molecule has 6 nitrogen and oxygen atoms in total. The third-order valence-electron chi connectivity index (χ3n) is 3.87. The first kappa shape index (κ1) is 15.7. The summed E-state index contributed by atoms with van der Waals surface area (Å²) in [6, 6.07) is 11.8. The van der Waals surface area contributed by atoms with E-state index in [9.17, 15) is 14.7 Å². The van der Waals surface area contributed by atoms with Crippen LogP contribution in [0.15, 0.2) is 64.7 Å². The number of aliphatic hydroxyl groups excluding tert-OH is 1. The summed E-state index contributed by atoms with van der Waals surface area (Å²) >= 11 is 2.44. The van der Waals surface area contributed by atoms with E-state index in [4.69, 9.17) is 0 Å². The summed E-state index contributed by atoms with van der Waals surface area (Å²) < 4.78 is 0. The highest BCUT2D eigenvalue weighted by Crippen LogP contribution is 2.42. The van der Waals surface area contributed by atoms with Crippen LogP contribution in [0.1, 0.15) is 21.3 Å². The van der Waals surface area contributed by atoms with E-state index in [0.29, 0.717) is 10.0 Å². The number of aromatic nitrogens is 2. The van der Waals surface area contributed by atoms with Crippen molar-refractivity contribution in [2.75, 3.05) is 4.90 Å². The number of benzene rings is 1. The molecule has 8 heteroatoms. The van der Waals surface area contributed by atoms with Crippen molar-refractivity contribution in [3.8, 4) is 0 Å². The molecule has 3 aromatic rings. The van der Waals surface area contributed by atoms with Crippen molar-refractivity contribution in [2.24, 2.45) is 0 Å². The van der Waals surface area contributed by atoms with Crippen LogP contribution in [0.2, 0.25) is 0 Å². The number of amides is 1. The van der Waals surface area contributed by atoms with Gasteiger partial charge in [0.2, 0.25) is 10.9 Å². The zero-order chi connectivity index (χ0) is 17.4. The van der Waals surface area contributed by atoms with E-state index in [1.807, 2.05) is 30.3 Å². The van der Waals surface area contributed by atoms with Gasteiger partial charge in [0, 0.05) is 0 Å². The van der Waals surface area contributed by atoms with Crippen LogP contribution in [0.5, 0.6) is 0 Å². The Bertz CT molecular complexity index is 950. The Hall–Kier alpha value is -2.84. The molecule has 0 saturated carbocycles. The Labute approximate surface area is 150 Å². The number of thiophene rings is 1. The molecule has 1 amide bonds. The van der Waals surface area contributed by atoms with E-state index in [1.165, 1.54) is 33.1 Å². The third kappa shape index (κ3) is 2.55. The molecule has 1 N–H and O–H groups in total. The standard InChI is InChI=1S/C17H11N3O3S2/c21-14(11-7-4-8-24-11)12-13(10-5-2-1-3-6-10)20(16(23)15(12)22)17-19-18-9-25-17/h1-9,13,22H/t13-/m0/s1. The molecule has 0 aliphatic carbocycles. The second-order valence-electron chi connectivity index (χ2n) is 5.28. The van der Waals surface area contributed by atoms with Gasteiger partial charge in [-0.05, 0) is 17.0 Å². The lowest BCUT2D eigenvalue weighted by Gasteiger charge is -2.23. The molecule has 0 fully saturated rings. The van der Waals surface area contributed by atoms with Crippen molar-refractivity contribution in [1.29, 1.82) is 0 Å². The van der Waals surface area contributed by atoms with Crippen molar-refractivity contribution >= 4 is 39.5 Å². The van der Waals surface area contributed by atoms with Crippen LogP contribution in [-0.4, -0.2) is 27.0 Å². The molecule has 0 bridgehead atoms.